The maximum absolute atomic E-state index is 5.84. The Balaban J connectivity index is 2.04. The molecule has 0 amide bonds. The SMILES string of the molecule is CC1CN(c2ccnc3cc(N)ccc23)CC(C)S1. The largest absolute Gasteiger partial charge is 0.399 e. The van der Waals surface area contributed by atoms with E-state index in [-0.39, 0.29) is 0 Å². The second-order valence-electron chi connectivity index (χ2n) is 5.27. The summed E-state index contributed by atoms with van der Waals surface area (Å²) in [5.41, 5.74) is 8.87. The Labute approximate surface area is 118 Å². The van der Waals surface area contributed by atoms with E-state index in [9.17, 15) is 0 Å². The predicted molar refractivity (Wildman–Crippen MR) is 84.9 cm³/mol. The van der Waals surface area contributed by atoms with Crippen molar-refractivity contribution < 1.29 is 0 Å². The van der Waals surface area contributed by atoms with Crippen molar-refractivity contribution in [1.82, 2.24) is 4.98 Å². The molecule has 1 fully saturated rings. The van der Waals surface area contributed by atoms with Gasteiger partial charge in [-0.2, -0.15) is 11.8 Å². The number of aromatic nitrogens is 1. The number of pyridine rings is 1. The predicted octanol–water partition coefficient (Wildman–Crippen LogP) is 3.15. The fraction of sp³-hybridized carbons (Fsp3) is 0.400. The summed E-state index contributed by atoms with van der Waals surface area (Å²) in [6.45, 7) is 6.79. The summed E-state index contributed by atoms with van der Waals surface area (Å²) in [6.07, 6.45) is 1.88. The number of thioether (sulfide) groups is 1. The normalized spacial score (nSPS) is 23.8. The summed E-state index contributed by atoms with van der Waals surface area (Å²) in [6, 6.07) is 8.11. The van der Waals surface area contributed by atoms with Crippen molar-refractivity contribution in [3.05, 3.63) is 30.5 Å². The number of hydrogen-bond donors (Lipinski definition) is 1. The van der Waals surface area contributed by atoms with Crippen LogP contribution in [0.1, 0.15) is 13.8 Å². The van der Waals surface area contributed by atoms with Gasteiger partial charge in [-0.3, -0.25) is 4.98 Å². The Kier molecular flexibility index (Phi) is 3.27. The van der Waals surface area contributed by atoms with Crippen LogP contribution < -0.4 is 10.6 Å². The molecule has 4 heteroatoms. The van der Waals surface area contributed by atoms with Crippen LogP contribution in [0.4, 0.5) is 11.4 Å². The van der Waals surface area contributed by atoms with Gasteiger partial charge < -0.3 is 10.6 Å². The Morgan fingerprint density at radius 1 is 1.21 bits per heavy atom. The molecule has 100 valence electrons. The van der Waals surface area contributed by atoms with Crippen LogP contribution in [0.15, 0.2) is 30.5 Å². The first-order chi connectivity index (χ1) is 9.13. The Morgan fingerprint density at radius 3 is 2.68 bits per heavy atom. The average molecular weight is 273 g/mol. The third kappa shape index (κ3) is 2.50. The van der Waals surface area contributed by atoms with Gasteiger partial charge in [0.1, 0.15) is 0 Å². The molecule has 1 aromatic heterocycles. The first-order valence-corrected chi connectivity index (χ1v) is 7.62. The van der Waals surface area contributed by atoms with Crippen molar-refractivity contribution in [3.63, 3.8) is 0 Å². The molecule has 2 unspecified atom stereocenters. The van der Waals surface area contributed by atoms with Crippen LogP contribution in [0.2, 0.25) is 0 Å². The van der Waals surface area contributed by atoms with E-state index in [1.807, 2.05) is 18.3 Å². The smallest absolute Gasteiger partial charge is 0.0743 e. The molecule has 2 aromatic rings. The molecule has 1 aliphatic heterocycles. The van der Waals surface area contributed by atoms with Crippen molar-refractivity contribution in [2.45, 2.75) is 24.3 Å². The van der Waals surface area contributed by atoms with E-state index in [2.05, 4.69) is 47.6 Å². The zero-order valence-electron chi connectivity index (χ0n) is 11.3. The molecule has 2 heterocycles. The first kappa shape index (κ1) is 12.6. The van der Waals surface area contributed by atoms with E-state index in [0.29, 0.717) is 10.5 Å². The highest BCUT2D eigenvalue weighted by Gasteiger charge is 2.23. The van der Waals surface area contributed by atoms with E-state index >= 15 is 0 Å². The molecule has 0 spiro atoms. The van der Waals surface area contributed by atoms with Gasteiger partial charge in [0.2, 0.25) is 0 Å². The molecule has 0 radical (unpaired) electrons. The van der Waals surface area contributed by atoms with Crippen LogP contribution in [-0.4, -0.2) is 28.6 Å². The zero-order valence-corrected chi connectivity index (χ0v) is 12.2. The number of hydrogen-bond acceptors (Lipinski definition) is 4. The van der Waals surface area contributed by atoms with Crippen LogP contribution in [0.3, 0.4) is 0 Å². The number of nitrogens with two attached hydrogens (primary N) is 1. The van der Waals surface area contributed by atoms with Gasteiger partial charge in [-0.1, -0.05) is 13.8 Å². The Bertz CT molecular complexity index is 589. The van der Waals surface area contributed by atoms with Gasteiger partial charge >= 0.3 is 0 Å². The zero-order chi connectivity index (χ0) is 13.4. The highest BCUT2D eigenvalue weighted by atomic mass is 32.2. The maximum atomic E-state index is 5.84. The molecule has 1 saturated heterocycles. The standard InChI is InChI=1S/C15H19N3S/c1-10-8-18(9-11(2)19-10)15-5-6-17-14-7-12(16)3-4-13(14)15/h3-7,10-11H,8-9,16H2,1-2H3. The molecule has 19 heavy (non-hydrogen) atoms. The van der Waals surface area contributed by atoms with Gasteiger partial charge in [-0.25, -0.2) is 0 Å². The van der Waals surface area contributed by atoms with E-state index in [1.165, 1.54) is 11.1 Å². The van der Waals surface area contributed by atoms with Crippen molar-refractivity contribution in [3.8, 4) is 0 Å². The molecule has 2 N–H and O–H groups in total. The van der Waals surface area contributed by atoms with Crippen LogP contribution in [0, 0.1) is 0 Å². The molecule has 0 aliphatic carbocycles. The fourth-order valence-electron chi connectivity index (χ4n) is 2.80. The third-order valence-corrected chi connectivity index (χ3v) is 4.73. The molecule has 1 aromatic carbocycles. The van der Waals surface area contributed by atoms with Crippen molar-refractivity contribution in [1.29, 1.82) is 0 Å². The number of rotatable bonds is 1. The lowest BCUT2D eigenvalue weighted by molar-refractivity contribution is 0.730. The van der Waals surface area contributed by atoms with E-state index in [4.69, 9.17) is 5.73 Å². The van der Waals surface area contributed by atoms with E-state index < -0.39 is 0 Å². The number of nitrogen functional groups attached to an aromatic ring is 1. The summed E-state index contributed by atoms with van der Waals surface area (Å²) in [4.78, 5) is 6.90. The molecule has 0 bridgehead atoms. The molecular formula is C15H19N3S. The Morgan fingerprint density at radius 2 is 1.95 bits per heavy atom. The number of nitrogens with zero attached hydrogens (tertiary/aromatic N) is 2. The lowest BCUT2D eigenvalue weighted by Crippen LogP contribution is -2.40. The summed E-state index contributed by atoms with van der Waals surface area (Å²) < 4.78 is 0. The fourth-order valence-corrected chi connectivity index (χ4v) is 4.13. The minimum atomic E-state index is 0.667. The molecule has 1 aliphatic rings. The number of anilines is 2. The lowest BCUT2D eigenvalue weighted by atomic mass is 10.1. The summed E-state index contributed by atoms with van der Waals surface area (Å²) >= 11 is 2.07. The monoisotopic (exact) mass is 273 g/mol. The van der Waals surface area contributed by atoms with E-state index in [0.717, 1.165) is 24.3 Å². The minimum absolute atomic E-state index is 0.667. The second-order valence-corrected chi connectivity index (χ2v) is 7.15. The maximum Gasteiger partial charge on any atom is 0.0743 e. The van der Waals surface area contributed by atoms with Crippen molar-refractivity contribution >= 4 is 34.0 Å². The highest BCUT2D eigenvalue weighted by Crippen LogP contribution is 2.32. The van der Waals surface area contributed by atoms with Gasteiger partial charge in [0.25, 0.3) is 0 Å². The quantitative estimate of drug-likeness (QED) is 0.811. The highest BCUT2D eigenvalue weighted by molar-refractivity contribution is 8.00. The lowest BCUT2D eigenvalue weighted by Gasteiger charge is -2.36. The van der Waals surface area contributed by atoms with Crippen molar-refractivity contribution in [2.24, 2.45) is 0 Å². The topological polar surface area (TPSA) is 42.2 Å². The second kappa shape index (κ2) is 4.93. The first-order valence-electron chi connectivity index (χ1n) is 6.68. The number of benzene rings is 1. The van der Waals surface area contributed by atoms with Gasteiger partial charge in [-0.15, -0.1) is 0 Å². The number of fused-ring (bicyclic) bond motifs is 1. The molecule has 2 atom stereocenters. The van der Waals surface area contributed by atoms with Crippen LogP contribution in [0.25, 0.3) is 10.9 Å². The van der Waals surface area contributed by atoms with E-state index in [1.54, 1.807) is 0 Å². The van der Waals surface area contributed by atoms with Crippen LogP contribution in [-0.2, 0) is 0 Å². The third-order valence-electron chi connectivity index (χ3n) is 3.50. The molecule has 3 nitrogen and oxygen atoms in total. The summed E-state index contributed by atoms with van der Waals surface area (Å²) in [7, 11) is 0. The van der Waals surface area contributed by atoms with Crippen LogP contribution >= 0.6 is 11.8 Å². The van der Waals surface area contributed by atoms with Crippen molar-refractivity contribution in [2.75, 3.05) is 23.7 Å². The molecule has 0 saturated carbocycles. The summed E-state index contributed by atoms with van der Waals surface area (Å²) in [5, 5.41) is 2.53. The average Bonchev–Trinajstić information content (AvgIpc) is 2.36. The summed E-state index contributed by atoms with van der Waals surface area (Å²) in [5.74, 6) is 0. The van der Waals surface area contributed by atoms with Gasteiger partial charge in [-0.05, 0) is 24.3 Å². The van der Waals surface area contributed by atoms with Gasteiger partial charge in [0, 0.05) is 46.5 Å². The molecular weight excluding hydrogens is 254 g/mol. The van der Waals surface area contributed by atoms with Crippen LogP contribution in [0.5, 0.6) is 0 Å². The van der Waals surface area contributed by atoms with Gasteiger partial charge in [0.15, 0.2) is 0 Å². The minimum Gasteiger partial charge on any atom is -0.399 e. The van der Waals surface area contributed by atoms with Gasteiger partial charge in [0.05, 0.1) is 5.52 Å². The Hall–Kier alpha value is -1.42. The molecule has 3 rings (SSSR count).